The lowest BCUT2D eigenvalue weighted by Crippen LogP contribution is -1.77. The molecule has 0 saturated carbocycles. The molecule has 0 heterocycles. The first-order chi connectivity index (χ1) is 6.33. The van der Waals surface area contributed by atoms with Gasteiger partial charge >= 0.3 is 0 Å². The molecule has 2 heteroatoms. The van der Waals surface area contributed by atoms with E-state index in [9.17, 15) is 0 Å². The van der Waals surface area contributed by atoms with Crippen LogP contribution in [0.25, 0.3) is 0 Å². The van der Waals surface area contributed by atoms with E-state index in [0.29, 0.717) is 0 Å². The van der Waals surface area contributed by atoms with Crippen molar-refractivity contribution in [2.24, 2.45) is 0 Å². The standard InChI is InChI=1S/C10H22.CH2Cl2/c1-3-5-7-9-10-8-6-4-2;2-1-3/h3-10H2,1-2H3;1H2. The molecule has 0 atom stereocenters. The Morgan fingerprint density at radius 1 is 0.615 bits per heavy atom. The van der Waals surface area contributed by atoms with Crippen molar-refractivity contribution in [1.82, 2.24) is 0 Å². The summed E-state index contributed by atoms with van der Waals surface area (Å²) in [4.78, 5) is 0. The summed E-state index contributed by atoms with van der Waals surface area (Å²) < 4.78 is 0. The average molecular weight is 227 g/mol. The Hall–Kier alpha value is 0.580. The summed E-state index contributed by atoms with van der Waals surface area (Å²) in [6.45, 7) is 4.54. The third kappa shape index (κ3) is 24.5. The summed E-state index contributed by atoms with van der Waals surface area (Å²) in [5.74, 6) is 0. The molecule has 0 aliphatic heterocycles. The Kier molecular flexibility index (Phi) is 22.7. The van der Waals surface area contributed by atoms with Crippen LogP contribution in [0, 0.1) is 0 Å². The van der Waals surface area contributed by atoms with Gasteiger partial charge in [0.2, 0.25) is 0 Å². The van der Waals surface area contributed by atoms with Crippen LogP contribution in [0.1, 0.15) is 65.2 Å². The molecule has 0 rings (SSSR count). The Balaban J connectivity index is 0. The Morgan fingerprint density at radius 3 is 1.08 bits per heavy atom. The van der Waals surface area contributed by atoms with Crippen molar-refractivity contribution in [3.8, 4) is 0 Å². The van der Waals surface area contributed by atoms with Crippen LogP contribution in [0.4, 0.5) is 0 Å². The first-order valence-corrected chi connectivity index (χ1v) is 6.52. The van der Waals surface area contributed by atoms with Gasteiger partial charge in [-0.3, -0.25) is 0 Å². The van der Waals surface area contributed by atoms with Gasteiger partial charge < -0.3 is 0 Å². The lowest BCUT2D eigenvalue weighted by Gasteiger charge is -1.97. The third-order valence-corrected chi connectivity index (χ3v) is 1.96. The minimum Gasteiger partial charge on any atom is -0.109 e. The van der Waals surface area contributed by atoms with Crippen molar-refractivity contribution in [1.29, 1.82) is 0 Å². The first-order valence-electron chi connectivity index (χ1n) is 5.45. The molecule has 0 aliphatic carbocycles. The van der Waals surface area contributed by atoms with Gasteiger partial charge in [-0.2, -0.15) is 0 Å². The zero-order valence-electron chi connectivity index (χ0n) is 9.12. The van der Waals surface area contributed by atoms with E-state index in [1.54, 1.807) is 0 Å². The van der Waals surface area contributed by atoms with Gasteiger partial charge in [-0.05, 0) is 0 Å². The number of halogens is 2. The summed E-state index contributed by atoms with van der Waals surface area (Å²) in [6, 6.07) is 0. The van der Waals surface area contributed by atoms with Gasteiger partial charge in [0.05, 0.1) is 5.34 Å². The summed E-state index contributed by atoms with van der Waals surface area (Å²) in [5, 5.41) is 0.194. The molecule has 0 nitrogen and oxygen atoms in total. The van der Waals surface area contributed by atoms with E-state index in [-0.39, 0.29) is 5.34 Å². The van der Waals surface area contributed by atoms with E-state index in [1.165, 1.54) is 51.4 Å². The second-order valence-corrected chi connectivity index (χ2v) is 4.03. The Bertz CT molecular complexity index is 57.1. The fourth-order valence-corrected chi connectivity index (χ4v) is 1.21. The lowest BCUT2D eigenvalue weighted by atomic mass is 10.1. The zero-order valence-corrected chi connectivity index (χ0v) is 10.6. The molecule has 0 aromatic rings. The molecule has 0 spiro atoms. The van der Waals surface area contributed by atoms with Gasteiger partial charge in [0, 0.05) is 0 Å². The van der Waals surface area contributed by atoms with E-state index in [4.69, 9.17) is 23.2 Å². The maximum atomic E-state index is 4.76. The van der Waals surface area contributed by atoms with Crippen LogP contribution in [-0.2, 0) is 0 Å². The fourth-order valence-electron chi connectivity index (χ4n) is 1.21. The van der Waals surface area contributed by atoms with Crippen LogP contribution >= 0.6 is 23.2 Å². The molecule has 13 heavy (non-hydrogen) atoms. The topological polar surface area (TPSA) is 0 Å². The Labute approximate surface area is 94.0 Å². The van der Waals surface area contributed by atoms with Crippen molar-refractivity contribution in [2.45, 2.75) is 65.2 Å². The summed E-state index contributed by atoms with van der Waals surface area (Å²) >= 11 is 9.53. The minimum absolute atomic E-state index is 0.194. The molecule has 0 aromatic heterocycles. The van der Waals surface area contributed by atoms with Gasteiger partial charge in [-0.25, -0.2) is 0 Å². The largest absolute Gasteiger partial charge is 0.109 e. The van der Waals surface area contributed by atoms with Crippen molar-refractivity contribution in [2.75, 3.05) is 5.34 Å². The molecule has 0 aliphatic rings. The van der Waals surface area contributed by atoms with Crippen LogP contribution in [0.15, 0.2) is 0 Å². The number of unbranched alkanes of at least 4 members (excludes halogenated alkanes) is 7. The number of alkyl halides is 2. The molecule has 0 fully saturated rings. The van der Waals surface area contributed by atoms with E-state index in [2.05, 4.69) is 13.8 Å². The quantitative estimate of drug-likeness (QED) is 0.394. The summed E-state index contributed by atoms with van der Waals surface area (Å²) in [7, 11) is 0. The van der Waals surface area contributed by atoms with Gasteiger partial charge in [-0.15, -0.1) is 23.2 Å². The molecule has 0 unspecified atom stereocenters. The maximum absolute atomic E-state index is 4.76. The van der Waals surface area contributed by atoms with Crippen molar-refractivity contribution >= 4 is 23.2 Å². The second-order valence-electron chi connectivity index (χ2n) is 3.22. The van der Waals surface area contributed by atoms with Crippen molar-refractivity contribution in [3.63, 3.8) is 0 Å². The Morgan fingerprint density at radius 2 is 0.846 bits per heavy atom. The molecule has 82 valence electrons. The van der Waals surface area contributed by atoms with Crippen LogP contribution < -0.4 is 0 Å². The molecule has 0 saturated heterocycles. The van der Waals surface area contributed by atoms with Crippen LogP contribution in [0.5, 0.6) is 0 Å². The third-order valence-electron chi connectivity index (χ3n) is 1.96. The van der Waals surface area contributed by atoms with Gasteiger partial charge in [0.15, 0.2) is 0 Å². The molecule has 0 radical (unpaired) electrons. The minimum atomic E-state index is 0.194. The number of hydrogen-bond acceptors (Lipinski definition) is 0. The van der Waals surface area contributed by atoms with E-state index < -0.39 is 0 Å². The highest BCUT2D eigenvalue weighted by Crippen LogP contribution is 2.07. The molecule has 0 aromatic carbocycles. The first kappa shape index (κ1) is 16.0. The fraction of sp³-hybridized carbons (Fsp3) is 1.00. The number of hydrogen-bond donors (Lipinski definition) is 0. The molecule has 0 N–H and O–H groups in total. The molecule has 0 amide bonds. The summed E-state index contributed by atoms with van der Waals surface area (Å²) in [5.41, 5.74) is 0. The predicted octanol–water partition coefficient (Wildman–Crippen LogP) is 5.57. The SMILES string of the molecule is CCCCCCCCCC.ClCCl. The smallest absolute Gasteiger partial charge is 0.0967 e. The van der Waals surface area contributed by atoms with Gasteiger partial charge in [-0.1, -0.05) is 65.2 Å². The van der Waals surface area contributed by atoms with E-state index >= 15 is 0 Å². The van der Waals surface area contributed by atoms with Crippen molar-refractivity contribution < 1.29 is 0 Å². The number of rotatable bonds is 7. The highest BCUT2D eigenvalue weighted by Gasteiger charge is 1.87. The summed E-state index contributed by atoms with van der Waals surface area (Å²) in [6.07, 6.45) is 11.5. The molecular weight excluding hydrogens is 203 g/mol. The van der Waals surface area contributed by atoms with Crippen LogP contribution in [-0.4, -0.2) is 5.34 Å². The normalized spacial score (nSPS) is 9.23. The lowest BCUT2D eigenvalue weighted by molar-refractivity contribution is 0.585. The zero-order chi connectivity index (χ0) is 10.4. The predicted molar refractivity (Wildman–Crippen MR) is 64.9 cm³/mol. The molecule has 0 bridgehead atoms. The van der Waals surface area contributed by atoms with E-state index in [1.807, 2.05) is 0 Å². The van der Waals surface area contributed by atoms with Crippen LogP contribution in [0.2, 0.25) is 0 Å². The van der Waals surface area contributed by atoms with Gasteiger partial charge in [0.1, 0.15) is 0 Å². The maximum Gasteiger partial charge on any atom is 0.0967 e. The average Bonchev–Trinajstić information content (AvgIpc) is 2.13. The van der Waals surface area contributed by atoms with Gasteiger partial charge in [0.25, 0.3) is 0 Å². The van der Waals surface area contributed by atoms with E-state index in [0.717, 1.165) is 0 Å². The second kappa shape index (κ2) is 18.4. The highest BCUT2D eigenvalue weighted by molar-refractivity contribution is 6.40. The monoisotopic (exact) mass is 226 g/mol. The van der Waals surface area contributed by atoms with Crippen molar-refractivity contribution in [3.05, 3.63) is 0 Å². The highest BCUT2D eigenvalue weighted by atomic mass is 35.5. The molecular formula is C11H24Cl2. The van der Waals surface area contributed by atoms with Crippen LogP contribution in [0.3, 0.4) is 0 Å².